The largest absolute Gasteiger partial charge is 0.352 e. The van der Waals surface area contributed by atoms with Gasteiger partial charge in [-0.3, -0.25) is 4.79 Å². The number of benzene rings is 1. The van der Waals surface area contributed by atoms with Crippen LogP contribution in [0, 0.1) is 5.92 Å². The maximum absolute atomic E-state index is 12.5. The first-order chi connectivity index (χ1) is 12.1. The third kappa shape index (κ3) is 4.93. The lowest BCUT2D eigenvalue weighted by Gasteiger charge is -2.19. The van der Waals surface area contributed by atoms with E-state index in [0.29, 0.717) is 0 Å². The number of amides is 1. The fraction of sp³-hybridized carbons (Fsp3) is 0.476. The minimum Gasteiger partial charge on any atom is -0.352 e. The van der Waals surface area contributed by atoms with Crippen LogP contribution in [-0.4, -0.2) is 30.9 Å². The average Bonchev–Trinajstić information content (AvgIpc) is 3.02. The highest BCUT2D eigenvalue weighted by Gasteiger charge is 2.22. The van der Waals surface area contributed by atoms with E-state index in [0.717, 1.165) is 50.4 Å². The fourth-order valence-corrected chi connectivity index (χ4v) is 4.73. The summed E-state index contributed by atoms with van der Waals surface area (Å²) in [5.74, 6) is 0.861. The Bertz CT molecular complexity index is 695. The van der Waals surface area contributed by atoms with Crippen LogP contribution < -0.4 is 5.32 Å². The fourth-order valence-electron chi connectivity index (χ4n) is 3.49. The van der Waals surface area contributed by atoms with E-state index in [2.05, 4.69) is 53.8 Å². The quantitative estimate of drug-likeness (QED) is 0.757. The molecule has 0 aliphatic heterocycles. The predicted molar refractivity (Wildman–Crippen MR) is 105 cm³/mol. The summed E-state index contributed by atoms with van der Waals surface area (Å²) in [4.78, 5) is 16.2. The van der Waals surface area contributed by atoms with Gasteiger partial charge >= 0.3 is 0 Å². The smallest absolute Gasteiger partial charge is 0.252 e. The maximum Gasteiger partial charge on any atom is 0.252 e. The summed E-state index contributed by atoms with van der Waals surface area (Å²) in [5.41, 5.74) is 3.56. The molecule has 0 saturated heterocycles. The Kier molecular flexibility index (Phi) is 6.27. The van der Waals surface area contributed by atoms with Gasteiger partial charge < -0.3 is 10.2 Å². The average molecular weight is 357 g/mol. The van der Waals surface area contributed by atoms with Crippen LogP contribution in [0.3, 0.4) is 0 Å². The first kappa shape index (κ1) is 18.2. The van der Waals surface area contributed by atoms with Crippen molar-refractivity contribution in [2.45, 2.75) is 39.2 Å². The van der Waals surface area contributed by atoms with Crippen LogP contribution in [-0.2, 0) is 19.4 Å². The van der Waals surface area contributed by atoms with Gasteiger partial charge in [0.25, 0.3) is 5.91 Å². The van der Waals surface area contributed by atoms with Gasteiger partial charge in [0, 0.05) is 23.3 Å². The second kappa shape index (κ2) is 8.63. The summed E-state index contributed by atoms with van der Waals surface area (Å²) in [5, 5.41) is 5.16. The molecule has 3 nitrogen and oxygen atoms in total. The zero-order chi connectivity index (χ0) is 17.6. The van der Waals surface area contributed by atoms with Gasteiger partial charge in [-0.1, -0.05) is 37.3 Å². The number of nitrogens with one attached hydrogen (secondary N) is 1. The zero-order valence-corrected chi connectivity index (χ0v) is 16.1. The molecule has 1 N–H and O–H groups in total. The molecule has 3 rings (SSSR count). The van der Waals surface area contributed by atoms with Gasteiger partial charge in [0.1, 0.15) is 0 Å². The second-order valence-electron chi connectivity index (χ2n) is 7.23. The molecule has 4 heteroatoms. The van der Waals surface area contributed by atoms with Gasteiger partial charge in [0.2, 0.25) is 0 Å². The van der Waals surface area contributed by atoms with Crippen LogP contribution in [0.25, 0.3) is 0 Å². The molecule has 0 unspecified atom stereocenters. The Morgan fingerprint density at radius 3 is 2.92 bits per heavy atom. The van der Waals surface area contributed by atoms with E-state index in [1.165, 1.54) is 22.4 Å². The van der Waals surface area contributed by atoms with Gasteiger partial charge in [0.15, 0.2) is 0 Å². The molecule has 0 radical (unpaired) electrons. The Morgan fingerprint density at radius 1 is 1.32 bits per heavy atom. The van der Waals surface area contributed by atoms with Crippen molar-refractivity contribution in [2.24, 2.45) is 5.92 Å². The number of hydrogen-bond acceptors (Lipinski definition) is 3. The Balaban J connectivity index is 1.41. The number of carbonyl (C=O) groups is 1. The van der Waals surface area contributed by atoms with E-state index < -0.39 is 0 Å². The van der Waals surface area contributed by atoms with Crippen molar-refractivity contribution in [3.05, 3.63) is 57.3 Å². The first-order valence-electron chi connectivity index (χ1n) is 9.23. The zero-order valence-electron chi connectivity index (χ0n) is 15.3. The van der Waals surface area contributed by atoms with Crippen LogP contribution in [0.4, 0.5) is 0 Å². The van der Waals surface area contributed by atoms with Crippen LogP contribution in [0.2, 0.25) is 0 Å². The number of nitrogens with zero attached hydrogens (tertiary/aromatic N) is 1. The van der Waals surface area contributed by atoms with Crippen LogP contribution in [0.15, 0.2) is 35.7 Å². The van der Waals surface area contributed by atoms with E-state index in [1.807, 2.05) is 6.07 Å². The molecular weight excluding hydrogens is 328 g/mol. The van der Waals surface area contributed by atoms with E-state index >= 15 is 0 Å². The molecule has 1 aromatic heterocycles. The normalized spacial score (nSPS) is 16.7. The molecule has 2 aromatic rings. The van der Waals surface area contributed by atoms with Crippen LogP contribution >= 0.6 is 11.3 Å². The van der Waals surface area contributed by atoms with Crippen LogP contribution in [0.1, 0.15) is 46.1 Å². The minimum absolute atomic E-state index is 0.109. The van der Waals surface area contributed by atoms with Gasteiger partial charge in [-0.25, -0.2) is 0 Å². The van der Waals surface area contributed by atoms with Crippen molar-refractivity contribution >= 4 is 17.2 Å². The molecule has 1 aliphatic carbocycles. The van der Waals surface area contributed by atoms with Crippen molar-refractivity contribution in [3.63, 3.8) is 0 Å². The molecule has 25 heavy (non-hydrogen) atoms. The SMILES string of the molecule is C[C@@H]1CCc2c(C(=O)NCCCN(C)Cc3ccccc3)csc2C1. The summed E-state index contributed by atoms with van der Waals surface area (Å²) in [6.07, 6.45) is 4.37. The molecule has 0 spiro atoms. The summed E-state index contributed by atoms with van der Waals surface area (Å²) in [6, 6.07) is 10.5. The topological polar surface area (TPSA) is 32.3 Å². The van der Waals surface area contributed by atoms with Gasteiger partial charge in [-0.2, -0.15) is 0 Å². The molecular formula is C21H28N2OS. The first-order valence-corrected chi connectivity index (χ1v) is 10.1. The van der Waals surface area contributed by atoms with Crippen molar-refractivity contribution in [2.75, 3.05) is 20.1 Å². The van der Waals surface area contributed by atoms with Crippen molar-refractivity contribution in [1.82, 2.24) is 10.2 Å². The summed E-state index contributed by atoms with van der Waals surface area (Å²) in [6.45, 7) is 4.97. The summed E-state index contributed by atoms with van der Waals surface area (Å²) >= 11 is 1.76. The Labute approximate surface area is 155 Å². The third-order valence-electron chi connectivity index (χ3n) is 4.94. The number of thiophene rings is 1. The maximum atomic E-state index is 12.5. The monoisotopic (exact) mass is 356 g/mol. The van der Waals surface area contributed by atoms with Crippen LogP contribution in [0.5, 0.6) is 0 Å². The lowest BCUT2D eigenvalue weighted by atomic mass is 9.88. The summed E-state index contributed by atoms with van der Waals surface area (Å²) < 4.78 is 0. The predicted octanol–water partition coefficient (Wildman–Crippen LogP) is 4.12. The Morgan fingerprint density at radius 2 is 2.12 bits per heavy atom. The van der Waals surface area contributed by atoms with E-state index in [1.54, 1.807) is 11.3 Å². The van der Waals surface area contributed by atoms with Crippen molar-refractivity contribution < 1.29 is 4.79 Å². The molecule has 1 amide bonds. The lowest BCUT2D eigenvalue weighted by molar-refractivity contribution is 0.0951. The van der Waals surface area contributed by atoms with Crippen molar-refractivity contribution in [3.8, 4) is 0 Å². The highest BCUT2D eigenvalue weighted by molar-refractivity contribution is 7.10. The van der Waals surface area contributed by atoms with E-state index in [4.69, 9.17) is 0 Å². The molecule has 1 heterocycles. The Hall–Kier alpha value is -1.65. The number of fused-ring (bicyclic) bond motifs is 1. The van der Waals surface area contributed by atoms with Crippen molar-refractivity contribution in [1.29, 1.82) is 0 Å². The third-order valence-corrected chi connectivity index (χ3v) is 5.99. The minimum atomic E-state index is 0.109. The molecule has 0 bridgehead atoms. The molecule has 0 saturated carbocycles. The standard InChI is InChI=1S/C21H28N2OS/c1-16-9-10-18-19(15-25-20(18)13-16)21(24)22-11-6-12-23(2)14-17-7-4-3-5-8-17/h3-5,7-8,15-16H,6,9-14H2,1-2H3,(H,22,24)/t16-/m1/s1. The van der Waals surface area contributed by atoms with Gasteiger partial charge in [-0.15, -0.1) is 11.3 Å². The highest BCUT2D eigenvalue weighted by Crippen LogP contribution is 2.32. The van der Waals surface area contributed by atoms with E-state index in [9.17, 15) is 4.79 Å². The molecule has 1 aromatic carbocycles. The highest BCUT2D eigenvalue weighted by atomic mass is 32.1. The number of hydrogen-bond donors (Lipinski definition) is 1. The lowest BCUT2D eigenvalue weighted by Crippen LogP contribution is -2.28. The van der Waals surface area contributed by atoms with Gasteiger partial charge in [-0.05, 0) is 56.3 Å². The molecule has 134 valence electrons. The molecule has 1 aliphatic rings. The molecule has 1 atom stereocenters. The molecule has 0 fully saturated rings. The van der Waals surface area contributed by atoms with Gasteiger partial charge in [0.05, 0.1) is 5.56 Å². The summed E-state index contributed by atoms with van der Waals surface area (Å²) in [7, 11) is 2.13. The number of carbonyl (C=O) groups excluding carboxylic acids is 1. The second-order valence-corrected chi connectivity index (χ2v) is 8.20. The van der Waals surface area contributed by atoms with E-state index in [-0.39, 0.29) is 5.91 Å². The number of rotatable bonds is 7.